The Kier molecular flexibility index (Phi) is 5.17. The van der Waals surface area contributed by atoms with E-state index in [-0.39, 0.29) is 18.0 Å². The second kappa shape index (κ2) is 7.36. The highest BCUT2D eigenvalue weighted by Crippen LogP contribution is 2.44. The fourth-order valence-corrected chi connectivity index (χ4v) is 3.81. The Morgan fingerprint density at radius 2 is 2.08 bits per heavy atom. The second-order valence-corrected chi connectivity index (χ2v) is 7.01. The third kappa shape index (κ3) is 3.26. The standard InChI is InChI=1S/C23H26O3/c1-6-20(25-13-18-10-8-7-9-14(18)2)17(5)21-15(3)11-12-19-16(4)23(24)26-22(19)21/h6-10,19,22H,3-4,11-13H2,1-2,5H3/b20-6+,21-17+/t19-,22+/m0/s1. The number of fused-ring (bicyclic) bond motifs is 1. The molecule has 0 unspecified atom stereocenters. The van der Waals surface area contributed by atoms with E-state index < -0.39 is 0 Å². The molecule has 136 valence electrons. The van der Waals surface area contributed by atoms with Gasteiger partial charge in [0.15, 0.2) is 0 Å². The summed E-state index contributed by atoms with van der Waals surface area (Å²) in [5, 5.41) is 0. The lowest BCUT2D eigenvalue weighted by atomic mass is 9.76. The van der Waals surface area contributed by atoms with Crippen LogP contribution >= 0.6 is 0 Å². The Bertz CT molecular complexity index is 826. The maximum atomic E-state index is 12.0. The molecule has 1 aromatic rings. The molecule has 1 heterocycles. The van der Waals surface area contributed by atoms with Gasteiger partial charge in [-0.2, -0.15) is 0 Å². The van der Waals surface area contributed by atoms with Gasteiger partial charge < -0.3 is 9.47 Å². The smallest absolute Gasteiger partial charge is 0.334 e. The Balaban J connectivity index is 1.87. The molecule has 1 aromatic carbocycles. The Morgan fingerprint density at radius 3 is 2.77 bits per heavy atom. The largest absolute Gasteiger partial charge is 0.489 e. The summed E-state index contributed by atoms with van der Waals surface area (Å²) in [7, 11) is 0. The Labute approximate surface area is 155 Å². The van der Waals surface area contributed by atoms with E-state index in [0.29, 0.717) is 12.2 Å². The maximum Gasteiger partial charge on any atom is 0.334 e. The summed E-state index contributed by atoms with van der Waals surface area (Å²) >= 11 is 0. The van der Waals surface area contributed by atoms with Gasteiger partial charge in [-0.25, -0.2) is 4.79 Å². The van der Waals surface area contributed by atoms with Gasteiger partial charge in [0.1, 0.15) is 18.5 Å². The van der Waals surface area contributed by atoms with Crippen LogP contribution in [0.4, 0.5) is 0 Å². The average molecular weight is 350 g/mol. The highest BCUT2D eigenvalue weighted by molar-refractivity contribution is 5.91. The number of aryl methyl sites for hydroxylation is 1. The lowest BCUT2D eigenvalue weighted by Gasteiger charge is -2.30. The highest BCUT2D eigenvalue weighted by Gasteiger charge is 2.44. The first-order valence-electron chi connectivity index (χ1n) is 9.06. The minimum atomic E-state index is -0.289. The van der Waals surface area contributed by atoms with Crippen LogP contribution in [0, 0.1) is 12.8 Å². The van der Waals surface area contributed by atoms with E-state index in [9.17, 15) is 4.79 Å². The quantitative estimate of drug-likeness (QED) is 0.426. The predicted octanol–water partition coefficient (Wildman–Crippen LogP) is 5.18. The molecule has 1 aliphatic carbocycles. The minimum Gasteiger partial charge on any atom is -0.489 e. The van der Waals surface area contributed by atoms with Crippen molar-refractivity contribution in [2.24, 2.45) is 5.92 Å². The van der Waals surface area contributed by atoms with Crippen molar-refractivity contribution < 1.29 is 14.3 Å². The SMILES string of the molecule is C=C1CC[C@H]2C(=C)C(=O)O[C@H]2/C1=C(C)/C(=C\C)OCc1ccccc1C. The van der Waals surface area contributed by atoms with Gasteiger partial charge in [0, 0.05) is 17.1 Å². The molecule has 3 nitrogen and oxygen atoms in total. The molecule has 2 fully saturated rings. The minimum absolute atomic E-state index is 0.0485. The fourth-order valence-electron chi connectivity index (χ4n) is 3.81. The number of carbonyl (C=O) groups excluding carboxylic acids is 1. The summed E-state index contributed by atoms with van der Waals surface area (Å²) in [6.45, 7) is 14.7. The predicted molar refractivity (Wildman–Crippen MR) is 103 cm³/mol. The number of hydrogen-bond acceptors (Lipinski definition) is 3. The summed E-state index contributed by atoms with van der Waals surface area (Å²) < 4.78 is 11.7. The van der Waals surface area contributed by atoms with Crippen LogP contribution in [0.25, 0.3) is 0 Å². The molecule has 3 rings (SSSR count). The Morgan fingerprint density at radius 1 is 1.35 bits per heavy atom. The summed E-state index contributed by atoms with van der Waals surface area (Å²) in [4.78, 5) is 12.0. The molecule has 0 amide bonds. The van der Waals surface area contributed by atoms with Crippen LogP contribution in [0.1, 0.15) is 37.8 Å². The van der Waals surface area contributed by atoms with Crippen LogP contribution in [0.15, 0.2) is 71.6 Å². The highest BCUT2D eigenvalue weighted by atomic mass is 16.6. The van der Waals surface area contributed by atoms with Crippen LogP contribution in [0.2, 0.25) is 0 Å². The summed E-state index contributed by atoms with van der Waals surface area (Å²) in [6.07, 6.45) is 3.38. The van der Waals surface area contributed by atoms with E-state index in [0.717, 1.165) is 40.9 Å². The van der Waals surface area contributed by atoms with Crippen molar-refractivity contribution in [3.05, 3.63) is 82.7 Å². The summed E-state index contributed by atoms with van der Waals surface area (Å²) in [6, 6.07) is 8.19. The number of carbonyl (C=O) groups is 1. The average Bonchev–Trinajstić information content (AvgIpc) is 2.91. The van der Waals surface area contributed by atoms with E-state index in [1.165, 1.54) is 5.56 Å². The van der Waals surface area contributed by atoms with Crippen molar-refractivity contribution in [2.45, 2.75) is 46.3 Å². The first-order chi connectivity index (χ1) is 12.4. The van der Waals surface area contributed by atoms with Gasteiger partial charge in [0.2, 0.25) is 0 Å². The van der Waals surface area contributed by atoms with Crippen LogP contribution in [0.5, 0.6) is 0 Å². The normalized spacial score (nSPS) is 25.0. The van der Waals surface area contributed by atoms with Crippen molar-refractivity contribution in [3.63, 3.8) is 0 Å². The molecule has 0 radical (unpaired) electrons. The fraction of sp³-hybridized carbons (Fsp3) is 0.348. The van der Waals surface area contributed by atoms with Gasteiger partial charge >= 0.3 is 5.97 Å². The van der Waals surface area contributed by atoms with E-state index in [1.54, 1.807) is 0 Å². The first kappa shape index (κ1) is 18.2. The van der Waals surface area contributed by atoms with E-state index in [4.69, 9.17) is 9.47 Å². The molecule has 0 bridgehead atoms. The van der Waals surface area contributed by atoms with E-state index in [1.807, 2.05) is 32.1 Å². The molecule has 3 heteroatoms. The number of ether oxygens (including phenoxy) is 2. The lowest BCUT2D eigenvalue weighted by Crippen LogP contribution is -2.26. The van der Waals surface area contributed by atoms with Crippen molar-refractivity contribution in [3.8, 4) is 0 Å². The van der Waals surface area contributed by atoms with Crippen molar-refractivity contribution in [1.82, 2.24) is 0 Å². The molecular formula is C23H26O3. The van der Waals surface area contributed by atoms with Gasteiger partial charge in [0.05, 0.1) is 0 Å². The molecule has 0 aromatic heterocycles. The van der Waals surface area contributed by atoms with Crippen molar-refractivity contribution in [1.29, 1.82) is 0 Å². The third-order valence-electron chi connectivity index (χ3n) is 5.41. The number of benzene rings is 1. The maximum absolute atomic E-state index is 12.0. The topological polar surface area (TPSA) is 35.5 Å². The van der Waals surface area contributed by atoms with Gasteiger partial charge in [-0.15, -0.1) is 0 Å². The Hall–Kier alpha value is -2.55. The van der Waals surface area contributed by atoms with Gasteiger partial charge in [-0.1, -0.05) is 37.4 Å². The van der Waals surface area contributed by atoms with Crippen molar-refractivity contribution >= 4 is 5.97 Å². The number of allylic oxidation sites excluding steroid dienone is 2. The first-order valence-corrected chi connectivity index (χ1v) is 9.06. The zero-order chi connectivity index (χ0) is 18.8. The monoisotopic (exact) mass is 350 g/mol. The zero-order valence-electron chi connectivity index (χ0n) is 15.8. The molecule has 1 saturated carbocycles. The molecule has 26 heavy (non-hydrogen) atoms. The van der Waals surface area contributed by atoms with Gasteiger partial charge in [-0.05, 0) is 62.0 Å². The van der Waals surface area contributed by atoms with Crippen LogP contribution in [-0.2, 0) is 20.9 Å². The molecule has 0 spiro atoms. The molecule has 1 saturated heterocycles. The second-order valence-electron chi connectivity index (χ2n) is 7.01. The molecule has 2 aliphatic rings. The van der Waals surface area contributed by atoms with E-state index in [2.05, 4.69) is 32.2 Å². The number of hydrogen-bond donors (Lipinski definition) is 0. The molecule has 2 atom stereocenters. The molecular weight excluding hydrogens is 324 g/mol. The lowest BCUT2D eigenvalue weighted by molar-refractivity contribution is -0.137. The number of esters is 1. The zero-order valence-corrected chi connectivity index (χ0v) is 15.8. The molecule has 1 aliphatic heterocycles. The van der Waals surface area contributed by atoms with Crippen molar-refractivity contribution in [2.75, 3.05) is 0 Å². The van der Waals surface area contributed by atoms with Gasteiger partial charge in [0.25, 0.3) is 0 Å². The third-order valence-corrected chi connectivity index (χ3v) is 5.41. The van der Waals surface area contributed by atoms with E-state index >= 15 is 0 Å². The van der Waals surface area contributed by atoms with Crippen LogP contribution < -0.4 is 0 Å². The van der Waals surface area contributed by atoms with Crippen LogP contribution in [-0.4, -0.2) is 12.1 Å². The number of rotatable bonds is 4. The summed E-state index contributed by atoms with van der Waals surface area (Å²) in [5.74, 6) is 0.564. The summed E-state index contributed by atoms with van der Waals surface area (Å²) in [5.41, 5.74) is 5.94. The molecule has 0 N–H and O–H groups in total. The van der Waals surface area contributed by atoms with Crippen LogP contribution in [0.3, 0.4) is 0 Å². The van der Waals surface area contributed by atoms with Gasteiger partial charge in [-0.3, -0.25) is 0 Å².